The van der Waals surface area contributed by atoms with Crippen molar-refractivity contribution in [3.05, 3.63) is 59.2 Å². The lowest BCUT2D eigenvalue weighted by atomic mass is 9.96. The lowest BCUT2D eigenvalue weighted by molar-refractivity contribution is -0.154. The van der Waals surface area contributed by atoms with E-state index in [4.69, 9.17) is 19.5 Å². The number of nitrogens with two attached hydrogens (primary N) is 1. The summed E-state index contributed by atoms with van der Waals surface area (Å²) in [5.41, 5.74) is 6.17. The van der Waals surface area contributed by atoms with Crippen LogP contribution < -0.4 is 20.9 Å². The fraction of sp³-hybridized carbons (Fsp3) is 0.440. The van der Waals surface area contributed by atoms with Crippen LogP contribution in [0.2, 0.25) is 0 Å². The molecule has 0 radical (unpaired) electrons. The summed E-state index contributed by atoms with van der Waals surface area (Å²) < 4.78 is 32.4. The summed E-state index contributed by atoms with van der Waals surface area (Å²) in [5, 5.41) is 13.6. The Morgan fingerprint density at radius 2 is 2.10 bits per heavy atom. The van der Waals surface area contributed by atoms with Gasteiger partial charge in [-0.05, 0) is 50.3 Å². The van der Waals surface area contributed by atoms with Crippen LogP contribution in [0.1, 0.15) is 38.6 Å². The van der Waals surface area contributed by atoms with Crippen molar-refractivity contribution in [1.29, 1.82) is 0 Å². The Bertz CT molecular complexity index is 1470. The van der Waals surface area contributed by atoms with Crippen molar-refractivity contribution in [2.75, 3.05) is 12.3 Å². The van der Waals surface area contributed by atoms with Gasteiger partial charge < -0.3 is 24.7 Å². The van der Waals surface area contributed by atoms with Crippen molar-refractivity contribution in [3.63, 3.8) is 0 Å². The first-order valence-electron chi connectivity index (χ1n) is 12.7. The third kappa shape index (κ3) is 5.76. The molecular weight excluding hydrogens is 527 g/mol. The van der Waals surface area contributed by atoms with Gasteiger partial charge in [-0.2, -0.15) is 10.1 Å². The van der Waals surface area contributed by atoms with Crippen LogP contribution in [0.3, 0.4) is 0 Å². The molecular formula is C25H31N6O7P. The number of hydrogen-bond acceptors (Lipinski definition) is 10. The van der Waals surface area contributed by atoms with Crippen molar-refractivity contribution >= 4 is 30.8 Å². The lowest BCUT2D eigenvalue weighted by Gasteiger charge is -2.28. The molecule has 2 aromatic heterocycles. The van der Waals surface area contributed by atoms with E-state index in [9.17, 15) is 19.3 Å². The third-order valence-corrected chi connectivity index (χ3v) is 8.70. The number of aromatic nitrogens is 4. The quantitative estimate of drug-likeness (QED) is 0.163. The van der Waals surface area contributed by atoms with Gasteiger partial charge >= 0.3 is 13.7 Å². The second-order valence-corrected chi connectivity index (χ2v) is 11.5. The fourth-order valence-electron chi connectivity index (χ4n) is 4.65. The Hall–Kier alpha value is -3.51. The molecule has 0 amide bonds. The molecule has 2 saturated carbocycles. The van der Waals surface area contributed by atoms with Crippen molar-refractivity contribution in [1.82, 2.24) is 24.6 Å². The smallest absolute Gasteiger partial charge is 0.459 e. The van der Waals surface area contributed by atoms with E-state index in [2.05, 4.69) is 26.6 Å². The number of esters is 1. The molecule has 14 heteroatoms. The highest BCUT2D eigenvalue weighted by atomic mass is 31.2. The van der Waals surface area contributed by atoms with Crippen molar-refractivity contribution < 1.29 is 28.3 Å². The monoisotopic (exact) mass is 558 g/mol. The number of aromatic amines is 1. The van der Waals surface area contributed by atoms with E-state index in [0.29, 0.717) is 5.57 Å². The van der Waals surface area contributed by atoms with Crippen molar-refractivity contribution in [2.45, 2.75) is 56.9 Å². The highest BCUT2D eigenvalue weighted by Gasteiger charge is 2.41. The average molecular weight is 559 g/mol. The largest absolute Gasteiger partial charge is 0.461 e. The van der Waals surface area contributed by atoms with Crippen LogP contribution in [0.4, 0.5) is 5.95 Å². The third-order valence-electron chi connectivity index (χ3n) is 7.05. The van der Waals surface area contributed by atoms with E-state index >= 15 is 0 Å². The summed E-state index contributed by atoms with van der Waals surface area (Å²) in [7, 11) is -4.12. The zero-order valence-electron chi connectivity index (χ0n) is 21.4. The number of carbonyl (C=O) groups is 1. The lowest BCUT2D eigenvalue weighted by Crippen LogP contribution is -2.38. The Morgan fingerprint density at radius 3 is 2.79 bits per heavy atom. The van der Waals surface area contributed by atoms with Gasteiger partial charge in [0.05, 0.1) is 25.1 Å². The zero-order valence-corrected chi connectivity index (χ0v) is 22.3. The number of rotatable bonds is 10. The van der Waals surface area contributed by atoms with Gasteiger partial charge in [-0.25, -0.2) is 9.55 Å². The molecule has 13 nitrogen and oxygen atoms in total. The molecule has 0 saturated heterocycles. The summed E-state index contributed by atoms with van der Waals surface area (Å²) in [6.07, 6.45) is 3.24. The molecule has 0 unspecified atom stereocenters. The summed E-state index contributed by atoms with van der Waals surface area (Å²) in [6.45, 7) is 5.44. The second-order valence-electron chi connectivity index (χ2n) is 9.81. The topological polar surface area (TPSA) is 184 Å². The highest BCUT2D eigenvalue weighted by molar-refractivity contribution is 7.52. The minimum absolute atomic E-state index is 0.0617. The van der Waals surface area contributed by atoms with Crippen molar-refractivity contribution in [2.24, 2.45) is 5.92 Å². The number of aliphatic hydroxyl groups is 1. The maximum atomic E-state index is 13.8. The van der Waals surface area contributed by atoms with Crippen molar-refractivity contribution in [3.8, 4) is 5.75 Å². The molecule has 1 aromatic carbocycles. The van der Waals surface area contributed by atoms with Gasteiger partial charge in [-0.1, -0.05) is 24.8 Å². The summed E-state index contributed by atoms with van der Waals surface area (Å²) in [5.74, 6) is -0.985. The number of ether oxygens (including phenoxy) is 1. The van der Waals surface area contributed by atoms with E-state index in [-0.39, 0.29) is 42.0 Å². The first kappa shape index (κ1) is 27.1. The van der Waals surface area contributed by atoms with E-state index in [1.807, 2.05) is 0 Å². The molecule has 2 fully saturated rings. The number of nitrogens with zero attached hydrogens (tertiary/aromatic N) is 3. The number of nitrogens with one attached hydrogen (secondary N) is 2. The van der Waals surface area contributed by atoms with Crippen LogP contribution in [0.5, 0.6) is 5.75 Å². The number of benzene rings is 1. The minimum Gasteiger partial charge on any atom is -0.461 e. The number of anilines is 1. The van der Waals surface area contributed by atoms with Crippen LogP contribution in [-0.4, -0.2) is 55.5 Å². The Morgan fingerprint density at radius 1 is 1.36 bits per heavy atom. The normalized spacial score (nSPS) is 23.7. The molecule has 39 heavy (non-hydrogen) atoms. The second kappa shape index (κ2) is 10.9. The van der Waals surface area contributed by atoms with Gasteiger partial charge in [0.25, 0.3) is 5.56 Å². The maximum absolute atomic E-state index is 13.8. The van der Waals surface area contributed by atoms with Crippen LogP contribution in [-0.2, 0) is 18.6 Å². The number of hydrogen-bond donors (Lipinski definition) is 4. The first-order chi connectivity index (χ1) is 18.6. The summed E-state index contributed by atoms with van der Waals surface area (Å²) >= 11 is 0. The van der Waals surface area contributed by atoms with Crippen LogP contribution in [0, 0.1) is 5.92 Å². The van der Waals surface area contributed by atoms with Gasteiger partial charge in [0.15, 0.2) is 11.2 Å². The van der Waals surface area contributed by atoms with E-state index in [0.717, 1.165) is 19.3 Å². The molecule has 3 aromatic rings. The molecule has 208 valence electrons. The van der Waals surface area contributed by atoms with Gasteiger partial charge in [0.2, 0.25) is 5.95 Å². The van der Waals surface area contributed by atoms with Crippen LogP contribution >= 0.6 is 7.75 Å². The number of para-hydroxylation sites is 1. The number of H-pyrrole nitrogens is 1. The SMILES string of the molecule is C=C1[C@H](CO[P@@](=O)(N[C@@H](C)C(=O)OC2CCC2)Oc2ccccc2)[C@@H](O)C[C@@H]1n1cnc2c(=O)[nH]c(N)nc21. The van der Waals surface area contributed by atoms with Gasteiger partial charge in [0, 0.05) is 5.92 Å². The molecule has 0 aliphatic heterocycles. The van der Waals surface area contributed by atoms with E-state index in [1.54, 1.807) is 34.9 Å². The Labute approximate surface area is 224 Å². The fourth-order valence-corrected chi connectivity index (χ4v) is 6.17. The maximum Gasteiger partial charge on any atom is 0.459 e. The van der Waals surface area contributed by atoms with Gasteiger partial charge in [-0.3, -0.25) is 19.1 Å². The molecule has 5 N–H and O–H groups in total. The molecule has 0 bridgehead atoms. The number of aliphatic hydroxyl groups excluding tert-OH is 1. The molecule has 2 aliphatic rings. The molecule has 2 aliphatic carbocycles. The first-order valence-corrected chi connectivity index (χ1v) is 14.2. The Balaban J connectivity index is 1.32. The zero-order chi connectivity index (χ0) is 27.7. The van der Waals surface area contributed by atoms with Gasteiger partial charge in [-0.15, -0.1) is 0 Å². The molecule has 5 atom stereocenters. The summed E-state index contributed by atoms with van der Waals surface area (Å²) in [4.78, 5) is 35.5. The van der Waals surface area contributed by atoms with E-state index < -0.39 is 43.4 Å². The van der Waals surface area contributed by atoms with Gasteiger partial charge in [0.1, 0.15) is 17.9 Å². The standard InChI is InChI=1S/C25H31N6O7P/c1-14-18(20(32)11-19(14)31-13-27-21-22(31)28-25(26)29-23(21)33)12-36-39(35,38-17-7-4-3-5-8-17)30-15(2)24(34)37-16-9-6-10-16/h3-5,7-8,13,15-16,18-20,32H,1,6,9-12H2,2H3,(H,30,35)(H3,26,28,29,33)/t15-,18-,19-,20-,39-/m0/s1. The predicted octanol–water partition coefficient (Wildman–Crippen LogP) is 2.46. The molecule has 5 rings (SSSR count). The number of fused-ring (bicyclic) bond motifs is 1. The predicted molar refractivity (Wildman–Crippen MR) is 142 cm³/mol. The van der Waals surface area contributed by atoms with Crippen LogP contribution in [0.15, 0.2) is 53.6 Å². The molecule has 2 heterocycles. The Kier molecular flexibility index (Phi) is 7.59. The number of imidazole rings is 1. The average Bonchev–Trinajstić information content (AvgIpc) is 3.40. The minimum atomic E-state index is -4.12. The van der Waals surface area contributed by atoms with E-state index in [1.165, 1.54) is 13.3 Å². The number of carbonyl (C=O) groups excluding carboxylic acids is 1. The summed E-state index contributed by atoms with van der Waals surface area (Å²) in [6, 6.07) is 6.98. The number of nitrogen functional groups attached to an aromatic ring is 1. The highest BCUT2D eigenvalue weighted by Crippen LogP contribution is 2.48. The van der Waals surface area contributed by atoms with Crippen LogP contribution in [0.25, 0.3) is 11.2 Å². The molecule has 0 spiro atoms.